The Bertz CT molecular complexity index is 208. The monoisotopic (exact) mass is 196 g/mol. The number of hydrogen-bond donors (Lipinski definition) is 0. The van der Waals surface area contributed by atoms with E-state index in [1.165, 1.54) is 0 Å². The molecular weight excluding hydrogens is 176 g/mol. The third-order valence-electron chi connectivity index (χ3n) is 1.63. The number of esters is 1. The lowest BCUT2D eigenvalue weighted by molar-refractivity contribution is -0.143. The molecule has 0 aromatic carbocycles. The molecule has 0 unspecified atom stereocenters. The minimum Gasteiger partial charge on any atom is -0.466 e. The molecule has 0 saturated heterocycles. The summed E-state index contributed by atoms with van der Waals surface area (Å²) >= 11 is 0. The molecular formula is C12H20O2. The number of carbonyl (C=O) groups is 1. The van der Waals surface area contributed by atoms with Crippen LogP contribution in [0.15, 0.2) is 0 Å². The van der Waals surface area contributed by atoms with Gasteiger partial charge in [-0.05, 0) is 19.8 Å². The van der Waals surface area contributed by atoms with Crippen LogP contribution in [0.3, 0.4) is 0 Å². The molecule has 2 nitrogen and oxygen atoms in total. The second-order valence-corrected chi connectivity index (χ2v) is 3.49. The first-order chi connectivity index (χ1) is 6.66. The Morgan fingerprint density at radius 3 is 2.64 bits per heavy atom. The van der Waals surface area contributed by atoms with E-state index in [-0.39, 0.29) is 5.97 Å². The first-order valence-corrected chi connectivity index (χ1v) is 5.30. The first-order valence-electron chi connectivity index (χ1n) is 5.30. The van der Waals surface area contributed by atoms with Gasteiger partial charge in [0.1, 0.15) is 0 Å². The van der Waals surface area contributed by atoms with Gasteiger partial charge in [0.05, 0.1) is 6.61 Å². The third-order valence-corrected chi connectivity index (χ3v) is 1.63. The van der Waals surface area contributed by atoms with Crippen molar-refractivity contribution in [3.63, 3.8) is 0 Å². The standard InChI is InChI=1S/C12H20O2/c1-4-14-12(13)10-8-6-5-7-9-11(2)3/h11H,4-6,8,10H2,1-3H3. The van der Waals surface area contributed by atoms with Crippen molar-refractivity contribution in [1.29, 1.82) is 0 Å². The van der Waals surface area contributed by atoms with E-state index < -0.39 is 0 Å². The molecule has 0 aliphatic heterocycles. The fourth-order valence-electron chi connectivity index (χ4n) is 0.992. The molecule has 80 valence electrons. The molecule has 0 aliphatic rings. The number of hydrogen-bond acceptors (Lipinski definition) is 2. The van der Waals surface area contributed by atoms with Gasteiger partial charge in [0.2, 0.25) is 0 Å². The normalized spacial score (nSPS) is 9.43. The van der Waals surface area contributed by atoms with Gasteiger partial charge in [-0.25, -0.2) is 0 Å². The van der Waals surface area contributed by atoms with Crippen molar-refractivity contribution in [3.05, 3.63) is 0 Å². The lowest BCUT2D eigenvalue weighted by atomic mass is 10.1. The predicted molar refractivity (Wildman–Crippen MR) is 57.7 cm³/mol. The zero-order valence-corrected chi connectivity index (χ0v) is 9.43. The Kier molecular flexibility index (Phi) is 8.02. The van der Waals surface area contributed by atoms with Gasteiger partial charge in [-0.2, -0.15) is 0 Å². The Morgan fingerprint density at radius 2 is 2.07 bits per heavy atom. The van der Waals surface area contributed by atoms with Crippen LogP contribution < -0.4 is 0 Å². The topological polar surface area (TPSA) is 26.3 Å². The first kappa shape index (κ1) is 13.0. The quantitative estimate of drug-likeness (QED) is 0.384. The van der Waals surface area contributed by atoms with Gasteiger partial charge in [-0.15, -0.1) is 11.8 Å². The molecule has 0 N–H and O–H groups in total. The van der Waals surface area contributed by atoms with E-state index in [9.17, 15) is 4.79 Å². The lowest BCUT2D eigenvalue weighted by Gasteiger charge is -1.99. The average molecular weight is 196 g/mol. The number of rotatable bonds is 5. The Labute approximate surface area is 87.0 Å². The molecule has 0 spiro atoms. The highest BCUT2D eigenvalue weighted by Gasteiger charge is 1.99. The summed E-state index contributed by atoms with van der Waals surface area (Å²) in [5.74, 6) is 6.53. The summed E-state index contributed by atoms with van der Waals surface area (Å²) in [5, 5.41) is 0. The van der Waals surface area contributed by atoms with Crippen molar-refractivity contribution in [3.8, 4) is 11.8 Å². The van der Waals surface area contributed by atoms with Gasteiger partial charge in [-0.1, -0.05) is 13.8 Å². The SMILES string of the molecule is CCOC(=O)CCCCC#CC(C)C. The van der Waals surface area contributed by atoms with E-state index in [2.05, 4.69) is 25.7 Å². The van der Waals surface area contributed by atoms with Crippen molar-refractivity contribution < 1.29 is 9.53 Å². The molecule has 0 saturated carbocycles. The lowest BCUT2D eigenvalue weighted by Crippen LogP contribution is -2.02. The van der Waals surface area contributed by atoms with Crippen molar-refractivity contribution in [1.82, 2.24) is 0 Å². The highest BCUT2D eigenvalue weighted by atomic mass is 16.5. The zero-order chi connectivity index (χ0) is 10.8. The van der Waals surface area contributed by atoms with E-state index in [1.54, 1.807) is 0 Å². The second kappa shape index (κ2) is 8.62. The van der Waals surface area contributed by atoms with Crippen molar-refractivity contribution in [2.45, 2.75) is 46.5 Å². The van der Waals surface area contributed by atoms with Crippen LogP contribution in [-0.2, 0) is 9.53 Å². The Morgan fingerprint density at radius 1 is 1.36 bits per heavy atom. The van der Waals surface area contributed by atoms with E-state index in [1.807, 2.05) is 6.92 Å². The molecule has 0 aliphatic carbocycles. The van der Waals surface area contributed by atoms with E-state index in [4.69, 9.17) is 4.74 Å². The smallest absolute Gasteiger partial charge is 0.305 e. The second-order valence-electron chi connectivity index (χ2n) is 3.49. The maximum atomic E-state index is 10.9. The zero-order valence-electron chi connectivity index (χ0n) is 9.43. The summed E-state index contributed by atoms with van der Waals surface area (Å²) in [7, 11) is 0. The molecule has 0 aromatic rings. The molecule has 0 aromatic heterocycles. The molecule has 0 heterocycles. The van der Waals surface area contributed by atoms with Crippen LogP contribution in [0.25, 0.3) is 0 Å². The van der Waals surface area contributed by atoms with Gasteiger partial charge >= 0.3 is 5.97 Å². The highest BCUT2D eigenvalue weighted by Crippen LogP contribution is 2.00. The highest BCUT2D eigenvalue weighted by molar-refractivity contribution is 5.69. The Balaban J connectivity index is 3.31. The maximum Gasteiger partial charge on any atom is 0.305 e. The van der Waals surface area contributed by atoms with Crippen LogP contribution in [0.4, 0.5) is 0 Å². The van der Waals surface area contributed by atoms with Crippen molar-refractivity contribution in [2.24, 2.45) is 5.92 Å². The molecule has 0 amide bonds. The summed E-state index contributed by atoms with van der Waals surface area (Å²) in [6.45, 7) is 6.45. The van der Waals surface area contributed by atoms with E-state index >= 15 is 0 Å². The molecule has 14 heavy (non-hydrogen) atoms. The molecule has 0 fully saturated rings. The van der Waals surface area contributed by atoms with Crippen LogP contribution in [-0.4, -0.2) is 12.6 Å². The van der Waals surface area contributed by atoms with E-state index in [0.29, 0.717) is 18.9 Å². The number of carbonyl (C=O) groups excluding carboxylic acids is 1. The molecule has 0 radical (unpaired) electrons. The fraction of sp³-hybridized carbons (Fsp3) is 0.750. The van der Waals surface area contributed by atoms with Gasteiger partial charge in [0.25, 0.3) is 0 Å². The van der Waals surface area contributed by atoms with Crippen LogP contribution in [0.1, 0.15) is 46.5 Å². The summed E-state index contributed by atoms with van der Waals surface area (Å²) in [5.41, 5.74) is 0. The van der Waals surface area contributed by atoms with Crippen LogP contribution in [0.2, 0.25) is 0 Å². The number of ether oxygens (including phenoxy) is 1. The van der Waals surface area contributed by atoms with Crippen LogP contribution >= 0.6 is 0 Å². The maximum absolute atomic E-state index is 10.9. The van der Waals surface area contributed by atoms with Gasteiger partial charge in [0.15, 0.2) is 0 Å². The molecule has 0 rings (SSSR count). The van der Waals surface area contributed by atoms with Crippen LogP contribution in [0, 0.1) is 17.8 Å². The largest absolute Gasteiger partial charge is 0.466 e. The summed E-state index contributed by atoms with van der Waals surface area (Å²) in [6, 6.07) is 0. The summed E-state index contributed by atoms with van der Waals surface area (Å²) in [4.78, 5) is 10.9. The fourth-order valence-corrected chi connectivity index (χ4v) is 0.992. The third kappa shape index (κ3) is 9.12. The van der Waals surface area contributed by atoms with Gasteiger partial charge in [0, 0.05) is 18.8 Å². The minimum atomic E-state index is -0.0932. The molecule has 0 bridgehead atoms. The molecule has 2 heteroatoms. The predicted octanol–water partition coefficient (Wildman–Crippen LogP) is 2.77. The van der Waals surface area contributed by atoms with Crippen LogP contribution in [0.5, 0.6) is 0 Å². The van der Waals surface area contributed by atoms with E-state index in [0.717, 1.165) is 19.3 Å². The number of unbranched alkanes of at least 4 members (excludes halogenated alkanes) is 2. The molecule has 0 atom stereocenters. The average Bonchev–Trinajstić information content (AvgIpc) is 2.11. The van der Waals surface area contributed by atoms with Gasteiger partial charge in [-0.3, -0.25) is 4.79 Å². The van der Waals surface area contributed by atoms with Crippen molar-refractivity contribution >= 4 is 5.97 Å². The van der Waals surface area contributed by atoms with Gasteiger partial charge < -0.3 is 4.74 Å². The summed E-state index contributed by atoms with van der Waals surface area (Å²) < 4.78 is 4.81. The summed E-state index contributed by atoms with van der Waals surface area (Å²) in [6.07, 6.45) is 3.28. The van der Waals surface area contributed by atoms with Crippen molar-refractivity contribution in [2.75, 3.05) is 6.61 Å². The minimum absolute atomic E-state index is 0.0932. The Hall–Kier alpha value is -0.970.